The fraction of sp³-hybridized carbons (Fsp3) is 0.375. The van der Waals surface area contributed by atoms with E-state index in [1.807, 2.05) is 6.92 Å². The largest absolute Gasteiger partial charge is 0.417 e. The lowest BCUT2D eigenvalue weighted by atomic mass is 9.97. The second kappa shape index (κ2) is 6.03. The summed E-state index contributed by atoms with van der Waals surface area (Å²) in [6, 6.07) is 3.82. The molecule has 23 heavy (non-hydrogen) atoms. The van der Waals surface area contributed by atoms with Crippen molar-refractivity contribution >= 4 is 17.5 Å². The van der Waals surface area contributed by atoms with Gasteiger partial charge in [0.2, 0.25) is 0 Å². The monoisotopic (exact) mass is 341 g/mol. The third kappa shape index (κ3) is 3.29. The predicted octanol–water partition coefficient (Wildman–Crippen LogP) is 4.91. The van der Waals surface area contributed by atoms with Crippen LogP contribution in [0.15, 0.2) is 33.8 Å². The van der Waals surface area contributed by atoms with E-state index in [1.54, 1.807) is 6.07 Å². The summed E-state index contributed by atoms with van der Waals surface area (Å²) in [6.45, 7) is 1.86. The van der Waals surface area contributed by atoms with E-state index in [0.717, 1.165) is 18.9 Å². The molecule has 0 amide bonds. The predicted molar refractivity (Wildman–Crippen MR) is 79.8 cm³/mol. The molecule has 1 aromatic carbocycles. The summed E-state index contributed by atoms with van der Waals surface area (Å²) in [7, 11) is 0. The van der Waals surface area contributed by atoms with Gasteiger partial charge in [0, 0.05) is 16.4 Å². The van der Waals surface area contributed by atoms with Gasteiger partial charge >= 0.3 is 6.18 Å². The number of aromatic nitrogens is 1. The number of alkyl halides is 3. The zero-order chi connectivity index (χ0) is 16.6. The fourth-order valence-corrected chi connectivity index (χ4v) is 3.12. The molecular weight excluding hydrogens is 327 g/mol. The average Bonchev–Trinajstić information content (AvgIpc) is 3.23. The van der Waals surface area contributed by atoms with Crippen LogP contribution < -0.4 is 0 Å². The second-order valence-electron chi connectivity index (χ2n) is 5.35. The molecule has 0 saturated heterocycles. The summed E-state index contributed by atoms with van der Waals surface area (Å²) < 4.78 is 45.1. The Morgan fingerprint density at radius 2 is 2.09 bits per heavy atom. The highest BCUT2D eigenvalue weighted by Gasteiger charge is 2.38. The van der Waals surface area contributed by atoms with E-state index >= 15 is 0 Å². The first kappa shape index (κ1) is 16.1. The number of hydrogen-bond acceptors (Lipinski definition) is 4. The van der Waals surface area contributed by atoms with Gasteiger partial charge in [0.25, 0.3) is 0 Å². The molecule has 0 bridgehead atoms. The Kier molecular flexibility index (Phi) is 4.23. The molecule has 0 aliphatic heterocycles. The molecule has 1 aromatic heterocycles. The highest BCUT2D eigenvalue weighted by molar-refractivity contribution is 7.99. The van der Waals surface area contributed by atoms with Gasteiger partial charge in [0.05, 0.1) is 17.3 Å². The van der Waals surface area contributed by atoms with E-state index in [4.69, 9.17) is 4.52 Å². The van der Waals surface area contributed by atoms with Crippen LogP contribution in [0.1, 0.15) is 52.9 Å². The average molecular weight is 341 g/mol. The van der Waals surface area contributed by atoms with Gasteiger partial charge in [-0.3, -0.25) is 4.79 Å². The Morgan fingerprint density at radius 1 is 1.35 bits per heavy atom. The van der Waals surface area contributed by atoms with Gasteiger partial charge in [-0.25, -0.2) is 0 Å². The maximum Gasteiger partial charge on any atom is 0.417 e. The van der Waals surface area contributed by atoms with Gasteiger partial charge < -0.3 is 4.52 Å². The van der Waals surface area contributed by atoms with E-state index < -0.39 is 17.5 Å². The van der Waals surface area contributed by atoms with Gasteiger partial charge in [-0.1, -0.05) is 12.1 Å². The van der Waals surface area contributed by atoms with Gasteiger partial charge in [-0.2, -0.15) is 13.2 Å². The van der Waals surface area contributed by atoms with Crippen LogP contribution >= 0.6 is 11.8 Å². The second-order valence-corrected chi connectivity index (χ2v) is 6.68. The highest BCUT2D eigenvalue weighted by atomic mass is 32.2. The standard InChI is InChI=1S/C16H14F3NO2S/c1-2-23-10-5-6-11(13(7-10)16(17,18)19)14(21)12-8-20-22-15(12)9-3-4-9/h5-9H,2-4H2,1H3. The Bertz CT molecular complexity index is 735. The zero-order valence-electron chi connectivity index (χ0n) is 12.3. The molecule has 0 unspecified atom stereocenters. The van der Waals surface area contributed by atoms with E-state index in [2.05, 4.69) is 5.16 Å². The van der Waals surface area contributed by atoms with E-state index in [9.17, 15) is 18.0 Å². The molecule has 3 rings (SSSR count). The Balaban J connectivity index is 2.04. The van der Waals surface area contributed by atoms with Crippen molar-refractivity contribution in [1.82, 2.24) is 5.16 Å². The fourth-order valence-electron chi connectivity index (χ4n) is 2.42. The van der Waals surface area contributed by atoms with E-state index in [-0.39, 0.29) is 17.0 Å². The molecule has 2 aromatic rings. The first-order valence-corrected chi connectivity index (χ1v) is 8.23. The van der Waals surface area contributed by atoms with Crippen molar-refractivity contribution in [2.45, 2.75) is 36.8 Å². The molecule has 3 nitrogen and oxygen atoms in total. The molecule has 1 heterocycles. The lowest BCUT2D eigenvalue weighted by molar-refractivity contribution is -0.138. The van der Waals surface area contributed by atoms with Crippen molar-refractivity contribution in [1.29, 1.82) is 0 Å². The highest BCUT2D eigenvalue weighted by Crippen LogP contribution is 2.43. The normalized spacial score (nSPS) is 15.0. The molecule has 0 N–H and O–H groups in total. The summed E-state index contributed by atoms with van der Waals surface area (Å²) in [5, 5.41) is 3.59. The maximum atomic E-state index is 13.3. The third-order valence-electron chi connectivity index (χ3n) is 3.64. The molecule has 1 aliphatic carbocycles. The van der Waals surface area contributed by atoms with Crippen molar-refractivity contribution in [3.05, 3.63) is 46.8 Å². The molecular formula is C16H14F3NO2S. The number of carbonyl (C=O) groups is 1. The minimum atomic E-state index is -4.59. The number of nitrogens with zero attached hydrogens (tertiary/aromatic N) is 1. The van der Waals surface area contributed by atoms with Crippen LogP contribution in [0.4, 0.5) is 13.2 Å². The Labute approximate surface area is 135 Å². The van der Waals surface area contributed by atoms with Crippen molar-refractivity contribution < 1.29 is 22.5 Å². The first-order chi connectivity index (χ1) is 10.9. The number of rotatable bonds is 5. The topological polar surface area (TPSA) is 43.1 Å². The summed E-state index contributed by atoms with van der Waals surface area (Å²) in [5.74, 6) is 0.464. The van der Waals surface area contributed by atoms with Gasteiger partial charge in [0.1, 0.15) is 0 Å². The number of halogens is 3. The van der Waals surface area contributed by atoms with Crippen LogP contribution in [0.3, 0.4) is 0 Å². The summed E-state index contributed by atoms with van der Waals surface area (Å²) >= 11 is 1.30. The van der Waals surface area contributed by atoms with Crippen LogP contribution in [-0.4, -0.2) is 16.7 Å². The molecule has 0 atom stereocenters. The van der Waals surface area contributed by atoms with Crippen molar-refractivity contribution in [2.24, 2.45) is 0 Å². The number of hydrogen-bond donors (Lipinski definition) is 0. The van der Waals surface area contributed by atoms with Crippen LogP contribution in [0.25, 0.3) is 0 Å². The van der Waals surface area contributed by atoms with Crippen LogP contribution in [-0.2, 0) is 6.18 Å². The number of ketones is 1. The van der Waals surface area contributed by atoms with Gasteiger partial charge in [-0.15, -0.1) is 11.8 Å². The lowest BCUT2D eigenvalue weighted by Gasteiger charge is -2.13. The van der Waals surface area contributed by atoms with Crippen molar-refractivity contribution in [3.8, 4) is 0 Å². The Hall–Kier alpha value is -1.76. The molecule has 122 valence electrons. The Morgan fingerprint density at radius 3 is 2.70 bits per heavy atom. The zero-order valence-corrected chi connectivity index (χ0v) is 13.1. The van der Waals surface area contributed by atoms with Crippen molar-refractivity contribution in [3.63, 3.8) is 0 Å². The van der Waals surface area contributed by atoms with Crippen LogP contribution in [0, 0.1) is 0 Å². The number of thioether (sulfide) groups is 1. The van der Waals surface area contributed by atoms with E-state index in [0.29, 0.717) is 16.4 Å². The molecule has 0 radical (unpaired) electrons. The summed E-state index contributed by atoms with van der Waals surface area (Å²) in [4.78, 5) is 13.1. The van der Waals surface area contributed by atoms with Crippen molar-refractivity contribution in [2.75, 3.05) is 5.75 Å². The maximum absolute atomic E-state index is 13.3. The summed E-state index contributed by atoms with van der Waals surface area (Å²) in [6.07, 6.45) is -1.64. The SMILES string of the molecule is CCSc1ccc(C(=O)c2cnoc2C2CC2)c(C(F)(F)F)c1. The molecule has 0 spiro atoms. The lowest BCUT2D eigenvalue weighted by Crippen LogP contribution is -2.14. The number of benzene rings is 1. The van der Waals surface area contributed by atoms with Crippen LogP contribution in [0.2, 0.25) is 0 Å². The molecule has 1 aliphatic rings. The minimum absolute atomic E-state index is 0.0979. The van der Waals surface area contributed by atoms with Crippen LogP contribution in [0.5, 0.6) is 0 Å². The number of carbonyl (C=O) groups excluding carboxylic acids is 1. The van der Waals surface area contributed by atoms with Gasteiger partial charge in [0.15, 0.2) is 11.5 Å². The minimum Gasteiger partial charge on any atom is -0.360 e. The smallest absolute Gasteiger partial charge is 0.360 e. The molecule has 7 heteroatoms. The molecule has 1 fully saturated rings. The summed E-state index contributed by atoms with van der Waals surface area (Å²) in [5.41, 5.74) is -1.14. The first-order valence-electron chi connectivity index (χ1n) is 7.25. The van der Waals surface area contributed by atoms with E-state index in [1.165, 1.54) is 24.0 Å². The molecule has 1 saturated carbocycles. The quantitative estimate of drug-likeness (QED) is 0.572. The third-order valence-corrected chi connectivity index (χ3v) is 4.52. The van der Waals surface area contributed by atoms with Gasteiger partial charge in [-0.05, 0) is 36.8 Å².